The van der Waals surface area contributed by atoms with E-state index >= 15 is 0 Å². The first kappa shape index (κ1) is 54.2. The molecule has 4 saturated heterocycles. The van der Waals surface area contributed by atoms with Crippen LogP contribution in [0.5, 0.6) is 0 Å². The highest BCUT2D eigenvalue weighted by atomic mass is 16.6. The minimum Gasteiger partial charge on any atom is -0.462 e. The summed E-state index contributed by atoms with van der Waals surface area (Å²) in [5, 5.41) is 14.6. The molecule has 4 N–H and O–H groups in total. The second-order valence-corrected chi connectivity index (χ2v) is 25.3. The Labute approximate surface area is 387 Å². The van der Waals surface area contributed by atoms with Crippen LogP contribution in [0.4, 0.5) is 0 Å². The van der Waals surface area contributed by atoms with Crippen molar-refractivity contribution in [2.75, 3.05) is 39.3 Å². The summed E-state index contributed by atoms with van der Waals surface area (Å²) < 4.78 is 24.3. The van der Waals surface area contributed by atoms with E-state index in [1.807, 2.05) is 0 Å². The van der Waals surface area contributed by atoms with Crippen LogP contribution in [0.15, 0.2) is 0 Å². The average molecular weight is 905 g/mol. The molecule has 0 aromatic heterocycles. The number of nitrogens with one attached hydrogen (secondary N) is 4. The third-order valence-electron chi connectivity index (χ3n) is 13.1. The predicted molar refractivity (Wildman–Crippen MR) is 253 cm³/mol. The second kappa shape index (κ2) is 20.9. The lowest BCUT2D eigenvalue weighted by atomic mass is 9.81. The fourth-order valence-corrected chi connectivity index (χ4v) is 12.2. The van der Waals surface area contributed by atoms with Gasteiger partial charge in [0.05, 0.1) is 25.7 Å². The van der Waals surface area contributed by atoms with E-state index in [1.54, 1.807) is 0 Å². The SMILES string of the molecule is CC1(C)CC(OC(=O)CCN(CCC(=O)OC2CC(C)(C)NC(C)(C)C2)CCN(CCC(=O)OC2CC(C)(C)NC(C)(C)C2)CCC(=O)OC2CC(C)(C)NC(C)(C)C2)CC(C)(C)N1. The van der Waals surface area contributed by atoms with Crippen molar-refractivity contribution in [2.45, 2.75) is 257 Å². The number of hydrogen-bond acceptors (Lipinski definition) is 14. The standard InChI is InChI=1S/C50H92N6O8/c1-43(2)27-35(28-44(3,4)51-43)61-39(57)17-21-55(22-18-40(58)62-36-29-45(5,6)52-46(7,8)30-36)25-26-56(23-19-41(59)63-37-31-47(9,10)53-48(11,12)32-37)24-20-42(60)64-38-33-49(13,14)54-50(15,16)34-38/h35-38,51-54H,17-34H2,1-16H3. The molecular weight excluding hydrogens is 813 g/mol. The van der Waals surface area contributed by atoms with Crippen molar-refractivity contribution in [1.82, 2.24) is 31.1 Å². The van der Waals surface area contributed by atoms with Crippen molar-refractivity contribution < 1.29 is 38.1 Å². The van der Waals surface area contributed by atoms with Gasteiger partial charge in [0.15, 0.2) is 0 Å². The number of carbonyl (C=O) groups excluding carboxylic acids is 4. The molecule has 4 rings (SSSR count). The molecule has 0 atom stereocenters. The maximum Gasteiger partial charge on any atom is 0.307 e. The number of esters is 4. The molecule has 4 heterocycles. The Morgan fingerprint density at radius 1 is 0.328 bits per heavy atom. The zero-order valence-electron chi connectivity index (χ0n) is 43.2. The summed E-state index contributed by atoms with van der Waals surface area (Å²) in [6, 6.07) is 0. The van der Waals surface area contributed by atoms with E-state index < -0.39 is 0 Å². The fourth-order valence-electron chi connectivity index (χ4n) is 12.2. The third kappa shape index (κ3) is 19.5. The molecular formula is C50H92N6O8. The molecule has 0 spiro atoms. The zero-order chi connectivity index (χ0) is 48.2. The zero-order valence-corrected chi connectivity index (χ0v) is 43.2. The highest BCUT2D eigenvalue weighted by molar-refractivity contribution is 5.71. The lowest BCUT2D eigenvalue weighted by Crippen LogP contribution is -2.59. The molecule has 370 valence electrons. The maximum absolute atomic E-state index is 13.5. The van der Waals surface area contributed by atoms with Crippen LogP contribution in [0.25, 0.3) is 0 Å². The lowest BCUT2D eigenvalue weighted by molar-refractivity contribution is -0.156. The van der Waals surface area contributed by atoms with E-state index in [0.717, 1.165) is 51.4 Å². The fraction of sp³-hybridized carbons (Fsp3) is 0.920. The molecule has 14 heteroatoms. The Bertz CT molecular complexity index is 1310. The largest absolute Gasteiger partial charge is 0.462 e. The van der Waals surface area contributed by atoms with Gasteiger partial charge in [-0.15, -0.1) is 0 Å². The van der Waals surface area contributed by atoms with Gasteiger partial charge in [-0.25, -0.2) is 0 Å². The van der Waals surface area contributed by atoms with Crippen LogP contribution in [0, 0.1) is 0 Å². The number of piperidine rings is 4. The van der Waals surface area contributed by atoms with Crippen molar-refractivity contribution >= 4 is 23.9 Å². The second-order valence-electron chi connectivity index (χ2n) is 25.3. The van der Waals surface area contributed by atoms with Crippen LogP contribution < -0.4 is 21.3 Å². The predicted octanol–water partition coefficient (Wildman–Crippen LogP) is 6.56. The summed E-state index contributed by atoms with van der Waals surface area (Å²) in [7, 11) is 0. The summed E-state index contributed by atoms with van der Waals surface area (Å²) in [5.41, 5.74) is -1.32. The maximum atomic E-state index is 13.5. The summed E-state index contributed by atoms with van der Waals surface area (Å²) >= 11 is 0. The first-order chi connectivity index (χ1) is 29.1. The van der Waals surface area contributed by atoms with Crippen LogP contribution in [-0.2, 0) is 38.1 Å². The van der Waals surface area contributed by atoms with Gasteiger partial charge in [0, 0.05) is 135 Å². The highest BCUT2D eigenvalue weighted by Gasteiger charge is 2.43. The van der Waals surface area contributed by atoms with Crippen molar-refractivity contribution in [1.29, 1.82) is 0 Å². The van der Waals surface area contributed by atoms with Crippen LogP contribution in [0.1, 0.15) is 188 Å². The Morgan fingerprint density at radius 2 is 0.484 bits per heavy atom. The third-order valence-corrected chi connectivity index (χ3v) is 13.1. The normalized spacial score (nSPS) is 25.1. The Kier molecular flexibility index (Phi) is 17.7. The molecule has 4 aliphatic rings. The molecule has 0 amide bonds. The van der Waals surface area contributed by atoms with Crippen molar-refractivity contribution in [3.05, 3.63) is 0 Å². The average Bonchev–Trinajstić information content (AvgIpc) is 3.02. The van der Waals surface area contributed by atoms with E-state index in [4.69, 9.17) is 18.9 Å². The van der Waals surface area contributed by atoms with E-state index in [0.29, 0.717) is 39.3 Å². The van der Waals surface area contributed by atoms with Crippen molar-refractivity contribution in [3.63, 3.8) is 0 Å². The number of hydrogen-bond donors (Lipinski definition) is 4. The van der Waals surface area contributed by atoms with Crippen LogP contribution in [-0.4, -0.2) is 142 Å². The molecule has 0 bridgehead atoms. The molecule has 0 aliphatic carbocycles. The summed E-state index contributed by atoms with van der Waals surface area (Å²) in [6.07, 6.45) is 5.69. The quantitative estimate of drug-likeness (QED) is 0.0816. The number of rotatable bonds is 19. The molecule has 0 saturated carbocycles. The van der Waals surface area contributed by atoms with Crippen molar-refractivity contribution in [2.24, 2.45) is 0 Å². The van der Waals surface area contributed by atoms with E-state index in [-0.39, 0.29) is 118 Å². The minimum absolute atomic E-state index is 0.165. The highest BCUT2D eigenvalue weighted by Crippen LogP contribution is 2.34. The number of ether oxygens (including phenoxy) is 4. The van der Waals surface area contributed by atoms with E-state index in [1.165, 1.54) is 0 Å². The van der Waals surface area contributed by atoms with Crippen LogP contribution in [0.2, 0.25) is 0 Å². The Morgan fingerprint density at radius 3 is 0.641 bits per heavy atom. The Hall–Kier alpha value is -2.36. The van der Waals surface area contributed by atoms with Gasteiger partial charge in [0.2, 0.25) is 0 Å². The van der Waals surface area contributed by atoms with Gasteiger partial charge in [-0.3, -0.25) is 19.2 Å². The first-order valence-corrected chi connectivity index (χ1v) is 24.5. The van der Waals surface area contributed by atoms with Crippen molar-refractivity contribution in [3.8, 4) is 0 Å². The topological polar surface area (TPSA) is 160 Å². The van der Waals surface area contributed by atoms with Gasteiger partial charge < -0.3 is 50.0 Å². The van der Waals surface area contributed by atoms with Crippen LogP contribution in [0.3, 0.4) is 0 Å². The molecule has 14 nitrogen and oxygen atoms in total. The smallest absolute Gasteiger partial charge is 0.307 e. The minimum atomic E-state index is -0.263. The molecule has 0 unspecified atom stereocenters. The van der Waals surface area contributed by atoms with E-state index in [9.17, 15) is 19.2 Å². The molecule has 0 aromatic carbocycles. The van der Waals surface area contributed by atoms with Gasteiger partial charge in [-0.05, 0) is 111 Å². The Balaban J connectivity index is 1.44. The van der Waals surface area contributed by atoms with Crippen LogP contribution >= 0.6 is 0 Å². The molecule has 0 radical (unpaired) electrons. The summed E-state index contributed by atoms with van der Waals surface area (Å²) in [4.78, 5) is 58.0. The molecule has 0 aromatic rings. The lowest BCUT2D eigenvalue weighted by Gasteiger charge is -2.46. The molecule has 4 fully saturated rings. The summed E-state index contributed by atoms with van der Waals surface area (Å²) in [5.74, 6) is -1.05. The van der Waals surface area contributed by atoms with Gasteiger partial charge in [0.1, 0.15) is 24.4 Å². The summed E-state index contributed by atoms with van der Waals surface area (Å²) in [6.45, 7) is 36.7. The number of carbonyl (C=O) groups is 4. The van der Waals surface area contributed by atoms with Gasteiger partial charge in [0.25, 0.3) is 0 Å². The van der Waals surface area contributed by atoms with E-state index in [2.05, 4.69) is 142 Å². The molecule has 64 heavy (non-hydrogen) atoms. The first-order valence-electron chi connectivity index (χ1n) is 24.5. The van der Waals surface area contributed by atoms with Gasteiger partial charge in [-0.2, -0.15) is 0 Å². The molecule has 4 aliphatic heterocycles. The monoisotopic (exact) mass is 905 g/mol. The van der Waals surface area contributed by atoms with Gasteiger partial charge in [-0.1, -0.05) is 0 Å². The van der Waals surface area contributed by atoms with Gasteiger partial charge >= 0.3 is 23.9 Å². The number of nitrogens with zero attached hydrogens (tertiary/aromatic N) is 2.